The molecule has 1 aromatic rings. The third kappa shape index (κ3) is 4.51. The van der Waals surface area contributed by atoms with Crippen LogP contribution in [0.25, 0.3) is 0 Å². The van der Waals surface area contributed by atoms with Crippen molar-refractivity contribution >= 4 is 17.3 Å². The highest BCUT2D eigenvalue weighted by atomic mass is 35.5. The molecule has 0 amide bonds. The fraction of sp³-hybridized carbons (Fsp3) is 0.455. The molecule has 0 saturated heterocycles. The molecule has 0 radical (unpaired) electrons. The molecule has 2 N–H and O–H groups in total. The van der Waals surface area contributed by atoms with E-state index < -0.39 is 0 Å². The summed E-state index contributed by atoms with van der Waals surface area (Å²) in [6, 6.07) is 5.43. The van der Waals surface area contributed by atoms with Crippen LogP contribution in [-0.2, 0) is 16.1 Å². The van der Waals surface area contributed by atoms with Crippen LogP contribution in [0.1, 0.15) is 12.0 Å². The van der Waals surface area contributed by atoms with Gasteiger partial charge >= 0.3 is 0 Å². The number of hydrogen-bond acceptors (Lipinski definition) is 3. The van der Waals surface area contributed by atoms with Gasteiger partial charge in [-0.25, -0.2) is 0 Å². The SMILES string of the molecule is COCCCOCc1ccc(N)cc1Cl. The highest BCUT2D eigenvalue weighted by Crippen LogP contribution is 2.19. The molecular formula is C11H16ClNO2. The van der Waals surface area contributed by atoms with E-state index in [1.807, 2.05) is 12.1 Å². The molecule has 0 heterocycles. The molecule has 0 unspecified atom stereocenters. The van der Waals surface area contributed by atoms with E-state index in [0.717, 1.165) is 18.6 Å². The minimum atomic E-state index is 0.517. The number of hydrogen-bond donors (Lipinski definition) is 1. The Balaban J connectivity index is 2.31. The molecule has 15 heavy (non-hydrogen) atoms. The lowest BCUT2D eigenvalue weighted by atomic mass is 10.2. The van der Waals surface area contributed by atoms with Crippen molar-refractivity contribution in [2.75, 3.05) is 26.1 Å². The van der Waals surface area contributed by atoms with Crippen LogP contribution in [0.3, 0.4) is 0 Å². The molecule has 0 aliphatic rings. The van der Waals surface area contributed by atoms with Gasteiger partial charge in [0.2, 0.25) is 0 Å². The van der Waals surface area contributed by atoms with Gasteiger partial charge in [0.25, 0.3) is 0 Å². The molecule has 0 atom stereocenters. The Morgan fingerprint density at radius 2 is 2.13 bits per heavy atom. The van der Waals surface area contributed by atoms with E-state index in [1.165, 1.54) is 0 Å². The van der Waals surface area contributed by atoms with Gasteiger partial charge in [-0.1, -0.05) is 17.7 Å². The van der Waals surface area contributed by atoms with Crippen LogP contribution in [0.5, 0.6) is 0 Å². The van der Waals surface area contributed by atoms with Crippen molar-refractivity contribution in [1.82, 2.24) is 0 Å². The van der Waals surface area contributed by atoms with E-state index >= 15 is 0 Å². The number of nitrogen functional groups attached to an aromatic ring is 1. The monoisotopic (exact) mass is 229 g/mol. The van der Waals surface area contributed by atoms with Gasteiger partial charge in [-0.3, -0.25) is 0 Å². The van der Waals surface area contributed by atoms with Crippen molar-refractivity contribution in [2.24, 2.45) is 0 Å². The van der Waals surface area contributed by atoms with Gasteiger partial charge in [0, 0.05) is 31.0 Å². The first-order valence-corrected chi connectivity index (χ1v) is 5.22. The summed E-state index contributed by atoms with van der Waals surface area (Å²) in [7, 11) is 1.68. The van der Waals surface area contributed by atoms with Crippen molar-refractivity contribution in [3.05, 3.63) is 28.8 Å². The minimum Gasteiger partial charge on any atom is -0.399 e. The molecule has 0 aromatic heterocycles. The normalized spacial score (nSPS) is 10.5. The van der Waals surface area contributed by atoms with Gasteiger partial charge in [-0.15, -0.1) is 0 Å². The van der Waals surface area contributed by atoms with E-state index in [4.69, 9.17) is 26.8 Å². The molecule has 0 aliphatic carbocycles. The summed E-state index contributed by atoms with van der Waals surface area (Å²) in [5, 5.41) is 0.654. The number of anilines is 1. The third-order valence-corrected chi connectivity index (χ3v) is 2.32. The summed E-state index contributed by atoms with van der Waals surface area (Å²) in [4.78, 5) is 0. The second kappa shape index (κ2) is 6.67. The maximum atomic E-state index is 5.98. The lowest BCUT2D eigenvalue weighted by Crippen LogP contribution is -2.00. The van der Waals surface area contributed by atoms with Gasteiger partial charge in [0.1, 0.15) is 0 Å². The quantitative estimate of drug-likeness (QED) is 0.602. The van der Waals surface area contributed by atoms with E-state index in [1.54, 1.807) is 13.2 Å². The first kappa shape index (κ1) is 12.3. The van der Waals surface area contributed by atoms with Crippen molar-refractivity contribution in [1.29, 1.82) is 0 Å². The van der Waals surface area contributed by atoms with Gasteiger partial charge in [0.05, 0.1) is 6.61 Å². The molecular weight excluding hydrogens is 214 g/mol. The van der Waals surface area contributed by atoms with E-state index in [0.29, 0.717) is 23.9 Å². The number of methoxy groups -OCH3 is 1. The van der Waals surface area contributed by atoms with Crippen molar-refractivity contribution in [3.63, 3.8) is 0 Å². The zero-order valence-corrected chi connectivity index (χ0v) is 9.59. The lowest BCUT2D eigenvalue weighted by molar-refractivity contribution is 0.0929. The summed E-state index contributed by atoms with van der Waals surface area (Å²) in [6.07, 6.45) is 0.892. The Morgan fingerprint density at radius 1 is 1.33 bits per heavy atom. The molecule has 4 heteroatoms. The van der Waals surface area contributed by atoms with Crippen LogP contribution in [0.15, 0.2) is 18.2 Å². The molecule has 1 aromatic carbocycles. The Hall–Kier alpha value is -0.770. The van der Waals surface area contributed by atoms with Crippen LogP contribution < -0.4 is 5.73 Å². The van der Waals surface area contributed by atoms with Crippen LogP contribution in [0.2, 0.25) is 5.02 Å². The molecule has 1 rings (SSSR count). The Bertz CT molecular complexity index is 305. The second-order valence-electron chi connectivity index (χ2n) is 3.25. The molecule has 0 bridgehead atoms. The van der Waals surface area contributed by atoms with Gasteiger partial charge in [-0.05, 0) is 24.1 Å². The number of benzene rings is 1. The number of rotatable bonds is 6. The maximum Gasteiger partial charge on any atom is 0.0731 e. The van der Waals surface area contributed by atoms with Crippen LogP contribution in [0.4, 0.5) is 5.69 Å². The van der Waals surface area contributed by atoms with Gasteiger partial charge in [0.15, 0.2) is 0 Å². The summed E-state index contributed by atoms with van der Waals surface area (Å²) in [6.45, 7) is 1.91. The summed E-state index contributed by atoms with van der Waals surface area (Å²) in [5.41, 5.74) is 7.21. The maximum absolute atomic E-state index is 5.98. The van der Waals surface area contributed by atoms with Crippen LogP contribution >= 0.6 is 11.6 Å². The minimum absolute atomic E-state index is 0.517. The van der Waals surface area contributed by atoms with Crippen molar-refractivity contribution in [3.8, 4) is 0 Å². The Morgan fingerprint density at radius 3 is 2.80 bits per heavy atom. The molecule has 0 spiro atoms. The highest BCUT2D eigenvalue weighted by Gasteiger charge is 2.00. The topological polar surface area (TPSA) is 44.5 Å². The average molecular weight is 230 g/mol. The van der Waals surface area contributed by atoms with Crippen LogP contribution in [-0.4, -0.2) is 20.3 Å². The predicted molar refractivity (Wildman–Crippen MR) is 62.0 cm³/mol. The zero-order chi connectivity index (χ0) is 11.1. The molecule has 0 aliphatic heterocycles. The first-order valence-electron chi connectivity index (χ1n) is 4.84. The highest BCUT2D eigenvalue weighted by molar-refractivity contribution is 6.31. The number of nitrogens with two attached hydrogens (primary N) is 1. The van der Waals surface area contributed by atoms with E-state index in [-0.39, 0.29) is 0 Å². The average Bonchev–Trinajstić information content (AvgIpc) is 2.20. The second-order valence-corrected chi connectivity index (χ2v) is 3.66. The fourth-order valence-corrected chi connectivity index (χ4v) is 1.41. The van der Waals surface area contributed by atoms with E-state index in [9.17, 15) is 0 Å². The molecule has 3 nitrogen and oxygen atoms in total. The van der Waals surface area contributed by atoms with Crippen LogP contribution in [0, 0.1) is 0 Å². The van der Waals surface area contributed by atoms with Gasteiger partial charge in [-0.2, -0.15) is 0 Å². The zero-order valence-electron chi connectivity index (χ0n) is 8.83. The Labute approximate surface area is 95.1 Å². The smallest absolute Gasteiger partial charge is 0.0731 e. The Kier molecular flexibility index (Phi) is 5.47. The van der Waals surface area contributed by atoms with Crippen molar-refractivity contribution in [2.45, 2.75) is 13.0 Å². The standard InChI is InChI=1S/C11H16ClNO2/c1-14-5-2-6-15-8-9-3-4-10(13)7-11(9)12/h3-4,7H,2,5-6,8,13H2,1H3. The fourth-order valence-electron chi connectivity index (χ4n) is 1.17. The number of ether oxygens (including phenoxy) is 2. The third-order valence-electron chi connectivity index (χ3n) is 1.97. The lowest BCUT2D eigenvalue weighted by Gasteiger charge is -2.06. The van der Waals surface area contributed by atoms with E-state index in [2.05, 4.69) is 0 Å². The molecule has 0 saturated carbocycles. The molecule has 84 valence electrons. The molecule has 0 fully saturated rings. The summed E-state index contributed by atoms with van der Waals surface area (Å²) in [5.74, 6) is 0. The first-order chi connectivity index (χ1) is 7.24. The van der Waals surface area contributed by atoms with Crippen molar-refractivity contribution < 1.29 is 9.47 Å². The summed E-state index contributed by atoms with van der Waals surface area (Å²) >= 11 is 5.98. The summed E-state index contributed by atoms with van der Waals surface area (Å²) < 4.78 is 10.3. The predicted octanol–water partition coefficient (Wildman–Crippen LogP) is 2.48. The number of halogens is 1. The van der Waals surface area contributed by atoms with Gasteiger partial charge < -0.3 is 15.2 Å². The largest absolute Gasteiger partial charge is 0.399 e.